The first-order valence-electron chi connectivity index (χ1n) is 14.5. The molecule has 2 amide bonds. The van der Waals surface area contributed by atoms with Gasteiger partial charge >= 0.3 is 6.03 Å². The van der Waals surface area contributed by atoms with Crippen LogP contribution in [0.1, 0.15) is 31.9 Å². The molecule has 1 aromatic heterocycles. The number of thiocarbonyl (C=S) groups is 1. The lowest BCUT2D eigenvalue weighted by Crippen LogP contribution is -2.22. The SMILES string of the molecule is COc1c(NC(=O)Nc2ccc(Oc3ccnc(NC(=S)c4ccccc4)n3)c3ccccc23)cc(C(C)(C)C)cc1NS(C)(=O)=O. The average molecular weight is 671 g/mol. The predicted octanol–water partition coefficient (Wildman–Crippen LogP) is 7.53. The van der Waals surface area contributed by atoms with Gasteiger partial charge in [0.1, 0.15) is 10.7 Å². The molecule has 5 aromatic rings. The van der Waals surface area contributed by atoms with Crippen LogP contribution in [0.5, 0.6) is 17.4 Å². The number of hydrogen-bond acceptors (Lipinski definition) is 8. The Labute approximate surface area is 278 Å². The average Bonchev–Trinajstić information content (AvgIpc) is 3.01. The molecule has 242 valence electrons. The van der Waals surface area contributed by atoms with Crippen LogP contribution in [0.25, 0.3) is 10.8 Å². The summed E-state index contributed by atoms with van der Waals surface area (Å²) in [6.45, 7) is 5.95. The number of amides is 2. The molecule has 0 aliphatic carbocycles. The second-order valence-corrected chi connectivity index (χ2v) is 13.8. The van der Waals surface area contributed by atoms with Gasteiger partial charge in [-0.25, -0.2) is 18.2 Å². The fraction of sp³-hybridized carbons (Fsp3) is 0.176. The summed E-state index contributed by atoms with van der Waals surface area (Å²) < 4.78 is 38.4. The minimum absolute atomic E-state index is 0.176. The van der Waals surface area contributed by atoms with Crippen LogP contribution in [0.4, 0.5) is 27.8 Å². The lowest BCUT2D eigenvalue weighted by Gasteiger charge is -2.24. The van der Waals surface area contributed by atoms with Crippen LogP contribution in [0.2, 0.25) is 0 Å². The van der Waals surface area contributed by atoms with E-state index in [0.717, 1.165) is 22.8 Å². The van der Waals surface area contributed by atoms with Gasteiger partial charge in [-0.3, -0.25) is 4.72 Å². The Kier molecular flexibility index (Phi) is 9.59. The second-order valence-electron chi connectivity index (χ2n) is 11.6. The molecule has 0 saturated heterocycles. The molecule has 0 radical (unpaired) electrons. The van der Waals surface area contributed by atoms with Crippen LogP contribution in [0, 0.1) is 0 Å². The Balaban J connectivity index is 1.39. The largest absolute Gasteiger partial charge is 0.492 e. The van der Waals surface area contributed by atoms with Gasteiger partial charge in [0.15, 0.2) is 5.75 Å². The summed E-state index contributed by atoms with van der Waals surface area (Å²) >= 11 is 5.49. The van der Waals surface area contributed by atoms with Gasteiger partial charge in [-0.2, -0.15) is 4.98 Å². The van der Waals surface area contributed by atoms with Crippen molar-refractivity contribution in [1.82, 2.24) is 9.97 Å². The van der Waals surface area contributed by atoms with E-state index in [2.05, 4.69) is 30.6 Å². The Morgan fingerprint density at radius 1 is 0.830 bits per heavy atom. The first-order valence-corrected chi connectivity index (χ1v) is 16.8. The van der Waals surface area contributed by atoms with Gasteiger partial charge in [0.25, 0.3) is 0 Å². The molecule has 0 unspecified atom stereocenters. The number of sulfonamides is 1. The van der Waals surface area contributed by atoms with Gasteiger partial charge in [-0.1, -0.05) is 87.6 Å². The van der Waals surface area contributed by atoms with Crippen molar-refractivity contribution in [2.45, 2.75) is 26.2 Å². The maximum absolute atomic E-state index is 13.4. The molecule has 11 nitrogen and oxygen atoms in total. The number of hydrogen-bond donors (Lipinski definition) is 4. The third kappa shape index (κ3) is 8.31. The van der Waals surface area contributed by atoms with Crippen molar-refractivity contribution in [1.29, 1.82) is 0 Å². The molecular formula is C34H34N6O5S2. The van der Waals surface area contributed by atoms with Crippen molar-refractivity contribution >= 4 is 67.0 Å². The highest BCUT2D eigenvalue weighted by atomic mass is 32.2. The van der Waals surface area contributed by atoms with Crippen LogP contribution in [-0.2, 0) is 15.4 Å². The second kappa shape index (κ2) is 13.6. The van der Waals surface area contributed by atoms with Crippen LogP contribution in [0.3, 0.4) is 0 Å². The number of nitrogens with one attached hydrogen (secondary N) is 4. The molecule has 0 saturated carbocycles. The Bertz CT molecular complexity index is 2070. The summed E-state index contributed by atoms with van der Waals surface area (Å²) in [7, 11) is -2.22. The molecular weight excluding hydrogens is 637 g/mol. The number of aromatic nitrogens is 2. The number of rotatable bonds is 9. The minimum atomic E-state index is -3.62. The zero-order valence-electron chi connectivity index (χ0n) is 26.4. The van der Waals surface area contributed by atoms with Gasteiger partial charge in [-0.15, -0.1) is 0 Å². The number of methoxy groups -OCH3 is 1. The fourth-order valence-corrected chi connectivity index (χ4v) is 5.51. The number of nitrogens with zero attached hydrogens (tertiary/aromatic N) is 2. The summed E-state index contributed by atoms with van der Waals surface area (Å²) in [5.74, 6) is 1.27. The molecule has 0 fully saturated rings. The van der Waals surface area contributed by atoms with Crippen molar-refractivity contribution in [2.75, 3.05) is 34.0 Å². The maximum atomic E-state index is 13.4. The van der Waals surface area contributed by atoms with Crippen LogP contribution in [0.15, 0.2) is 91.1 Å². The number of carbonyl (C=O) groups excluding carboxylic acids is 1. The van der Waals surface area contributed by atoms with E-state index in [1.165, 1.54) is 7.11 Å². The van der Waals surface area contributed by atoms with Gasteiger partial charge in [0, 0.05) is 28.6 Å². The predicted molar refractivity (Wildman–Crippen MR) is 191 cm³/mol. The minimum Gasteiger partial charge on any atom is -0.492 e. The molecule has 47 heavy (non-hydrogen) atoms. The fourth-order valence-electron chi connectivity index (χ4n) is 4.73. The zero-order valence-corrected chi connectivity index (χ0v) is 28.0. The molecule has 0 aliphatic rings. The Morgan fingerprint density at radius 3 is 2.17 bits per heavy atom. The highest BCUT2D eigenvalue weighted by Gasteiger charge is 2.22. The number of fused-ring (bicyclic) bond motifs is 1. The Hall–Kier alpha value is -5.27. The number of carbonyl (C=O) groups is 1. The lowest BCUT2D eigenvalue weighted by atomic mass is 9.86. The van der Waals surface area contributed by atoms with Crippen molar-refractivity contribution in [3.05, 3.63) is 102 Å². The van der Waals surface area contributed by atoms with E-state index < -0.39 is 16.1 Å². The van der Waals surface area contributed by atoms with E-state index in [1.54, 1.807) is 36.5 Å². The van der Waals surface area contributed by atoms with Gasteiger partial charge < -0.3 is 25.4 Å². The summed E-state index contributed by atoms with van der Waals surface area (Å²) in [6, 6.07) is 24.9. The van der Waals surface area contributed by atoms with E-state index in [1.807, 2.05) is 75.4 Å². The number of ether oxygens (including phenoxy) is 2. The smallest absolute Gasteiger partial charge is 0.323 e. The molecule has 0 bridgehead atoms. The normalized spacial score (nSPS) is 11.4. The first-order chi connectivity index (χ1) is 22.3. The van der Waals surface area contributed by atoms with Crippen molar-refractivity contribution in [3.8, 4) is 17.4 Å². The molecule has 13 heteroatoms. The molecule has 5 rings (SSSR count). The van der Waals surface area contributed by atoms with Crippen LogP contribution >= 0.6 is 12.2 Å². The Morgan fingerprint density at radius 2 is 1.49 bits per heavy atom. The van der Waals surface area contributed by atoms with E-state index in [4.69, 9.17) is 21.7 Å². The third-order valence-electron chi connectivity index (χ3n) is 6.94. The standard InChI is InChI=1S/C34H34N6O5S2/c1-34(2,3)22-19-26(30(44-4)27(20-22)40-47(5,42)43)37-33(41)36-25-15-16-28(24-14-10-9-13-23(24)25)45-29-17-18-35-32(38-29)39-31(46)21-11-7-6-8-12-21/h6-20,40H,1-5H3,(H2,36,37,41)(H,35,38,39,46). The number of anilines is 4. The molecule has 4 N–H and O–H groups in total. The quantitative estimate of drug-likeness (QED) is 0.117. The molecule has 0 atom stereocenters. The van der Waals surface area contributed by atoms with Crippen molar-refractivity contribution in [3.63, 3.8) is 0 Å². The topological polar surface area (TPSA) is 144 Å². The van der Waals surface area contributed by atoms with E-state index in [0.29, 0.717) is 33.4 Å². The van der Waals surface area contributed by atoms with Crippen LogP contribution < -0.4 is 30.1 Å². The van der Waals surface area contributed by atoms with Crippen molar-refractivity contribution in [2.24, 2.45) is 0 Å². The lowest BCUT2D eigenvalue weighted by molar-refractivity contribution is 0.262. The molecule has 1 heterocycles. The number of urea groups is 1. The summed E-state index contributed by atoms with van der Waals surface area (Å²) in [6.07, 6.45) is 2.62. The highest BCUT2D eigenvalue weighted by Crippen LogP contribution is 2.39. The summed E-state index contributed by atoms with van der Waals surface area (Å²) in [4.78, 5) is 22.6. The molecule has 4 aromatic carbocycles. The summed E-state index contributed by atoms with van der Waals surface area (Å²) in [5.41, 5.74) is 2.30. The van der Waals surface area contributed by atoms with Crippen molar-refractivity contribution < 1.29 is 22.7 Å². The van der Waals surface area contributed by atoms with E-state index in [9.17, 15) is 13.2 Å². The molecule has 0 spiro atoms. The number of benzene rings is 4. The van der Waals surface area contributed by atoms with E-state index >= 15 is 0 Å². The zero-order chi connectivity index (χ0) is 33.8. The van der Waals surface area contributed by atoms with Gasteiger partial charge in [-0.05, 0) is 35.2 Å². The first kappa shape index (κ1) is 33.1. The van der Waals surface area contributed by atoms with Gasteiger partial charge in [0.05, 0.1) is 30.4 Å². The monoisotopic (exact) mass is 670 g/mol. The summed E-state index contributed by atoms with van der Waals surface area (Å²) in [5, 5.41) is 10.2. The molecule has 0 aliphatic heterocycles. The third-order valence-corrected chi connectivity index (χ3v) is 7.87. The van der Waals surface area contributed by atoms with Gasteiger partial charge in [0.2, 0.25) is 21.9 Å². The van der Waals surface area contributed by atoms with E-state index in [-0.39, 0.29) is 22.8 Å². The van der Waals surface area contributed by atoms with Crippen LogP contribution in [-0.4, -0.2) is 42.8 Å². The highest BCUT2D eigenvalue weighted by molar-refractivity contribution is 7.92. The maximum Gasteiger partial charge on any atom is 0.323 e.